The second kappa shape index (κ2) is 5.13. The van der Waals surface area contributed by atoms with Crippen LogP contribution in [0, 0.1) is 13.8 Å². The monoisotopic (exact) mass is 356 g/mol. The average molecular weight is 356 g/mol. The highest BCUT2D eigenvalue weighted by Gasteiger charge is 2.58. The lowest BCUT2D eigenvalue weighted by Gasteiger charge is -2.45. The van der Waals surface area contributed by atoms with E-state index in [2.05, 4.69) is 88.2 Å². The van der Waals surface area contributed by atoms with Crippen molar-refractivity contribution in [3.05, 3.63) is 65.2 Å². The highest BCUT2D eigenvalue weighted by atomic mass is 16.5. The van der Waals surface area contributed by atoms with E-state index in [1.54, 1.807) is 0 Å². The SMILES string of the molecule is Cc1ccc2c(c1)C(C)(C)C1(C=Nc3c(ccc4ccc(C)cc34)O1)N2C. The lowest BCUT2D eigenvalue weighted by Crippen LogP contribution is -2.61. The van der Waals surface area contributed by atoms with Crippen LogP contribution in [0.1, 0.15) is 30.5 Å². The van der Waals surface area contributed by atoms with Gasteiger partial charge in [0.15, 0.2) is 0 Å². The Morgan fingerprint density at radius 2 is 1.63 bits per heavy atom. The Balaban J connectivity index is 1.71. The van der Waals surface area contributed by atoms with Crippen LogP contribution in [0.15, 0.2) is 53.5 Å². The summed E-state index contributed by atoms with van der Waals surface area (Å²) in [5, 5.41) is 2.33. The van der Waals surface area contributed by atoms with E-state index in [9.17, 15) is 0 Å². The summed E-state index contributed by atoms with van der Waals surface area (Å²) < 4.78 is 6.75. The van der Waals surface area contributed by atoms with E-state index in [0.29, 0.717) is 0 Å². The number of anilines is 1. The van der Waals surface area contributed by atoms with E-state index >= 15 is 0 Å². The normalized spacial score (nSPS) is 22.0. The molecular formula is C24H24N2O. The first-order valence-electron chi connectivity index (χ1n) is 9.46. The molecule has 0 saturated carbocycles. The van der Waals surface area contributed by atoms with Gasteiger partial charge < -0.3 is 9.64 Å². The van der Waals surface area contributed by atoms with Crippen molar-refractivity contribution in [2.75, 3.05) is 11.9 Å². The lowest BCUT2D eigenvalue weighted by molar-refractivity contribution is 0.0826. The number of hydrogen-bond donors (Lipinski definition) is 0. The van der Waals surface area contributed by atoms with Crippen LogP contribution in [0.5, 0.6) is 5.75 Å². The van der Waals surface area contributed by atoms with Gasteiger partial charge in [0, 0.05) is 18.1 Å². The Labute approximate surface area is 160 Å². The highest BCUT2D eigenvalue weighted by molar-refractivity contribution is 6.00. The average Bonchev–Trinajstić information content (AvgIpc) is 2.80. The molecule has 0 N–H and O–H groups in total. The first-order valence-corrected chi connectivity index (χ1v) is 9.46. The van der Waals surface area contributed by atoms with Gasteiger partial charge in [-0.15, -0.1) is 0 Å². The second-order valence-electron chi connectivity index (χ2n) is 8.40. The number of fused-ring (bicyclic) bond motifs is 4. The van der Waals surface area contributed by atoms with Crippen LogP contribution in [0.25, 0.3) is 10.8 Å². The van der Waals surface area contributed by atoms with Gasteiger partial charge in [-0.05, 0) is 56.8 Å². The summed E-state index contributed by atoms with van der Waals surface area (Å²) in [6.07, 6.45) is 2.01. The molecular weight excluding hydrogens is 332 g/mol. The number of rotatable bonds is 0. The number of benzene rings is 3. The van der Waals surface area contributed by atoms with Crippen LogP contribution in [-0.2, 0) is 5.41 Å². The smallest absolute Gasteiger partial charge is 0.228 e. The summed E-state index contributed by atoms with van der Waals surface area (Å²) in [7, 11) is 2.10. The Morgan fingerprint density at radius 1 is 0.926 bits per heavy atom. The Hall–Kier alpha value is -2.81. The second-order valence-corrected chi connectivity index (χ2v) is 8.40. The van der Waals surface area contributed by atoms with Crippen molar-refractivity contribution >= 4 is 28.4 Å². The molecule has 2 aliphatic rings. The van der Waals surface area contributed by atoms with Crippen LogP contribution in [0.2, 0.25) is 0 Å². The molecule has 0 aromatic heterocycles. The van der Waals surface area contributed by atoms with Gasteiger partial charge in [0.1, 0.15) is 11.4 Å². The maximum atomic E-state index is 6.75. The third-order valence-electron chi connectivity index (χ3n) is 6.33. The van der Waals surface area contributed by atoms with E-state index in [1.807, 2.05) is 6.21 Å². The number of aryl methyl sites for hydroxylation is 2. The van der Waals surface area contributed by atoms with Crippen molar-refractivity contribution in [2.24, 2.45) is 4.99 Å². The molecule has 1 spiro atoms. The first kappa shape index (κ1) is 16.4. The van der Waals surface area contributed by atoms with E-state index < -0.39 is 5.72 Å². The first-order chi connectivity index (χ1) is 12.8. The highest BCUT2D eigenvalue weighted by Crippen LogP contribution is 2.54. The van der Waals surface area contributed by atoms with Gasteiger partial charge in [0.25, 0.3) is 0 Å². The van der Waals surface area contributed by atoms with Crippen molar-refractivity contribution in [1.82, 2.24) is 0 Å². The van der Waals surface area contributed by atoms with Gasteiger partial charge in [-0.3, -0.25) is 4.99 Å². The summed E-state index contributed by atoms with van der Waals surface area (Å²) in [4.78, 5) is 7.19. The fraction of sp³-hybridized carbons (Fsp3) is 0.292. The number of aliphatic imine (C=N–C) groups is 1. The zero-order chi connectivity index (χ0) is 19.0. The van der Waals surface area contributed by atoms with E-state index in [0.717, 1.165) is 16.8 Å². The number of hydrogen-bond acceptors (Lipinski definition) is 3. The van der Waals surface area contributed by atoms with Crippen molar-refractivity contribution in [2.45, 2.75) is 38.8 Å². The Bertz CT molecular complexity index is 1130. The largest absolute Gasteiger partial charge is 0.459 e. The van der Waals surface area contributed by atoms with Crippen LogP contribution in [-0.4, -0.2) is 19.0 Å². The van der Waals surface area contributed by atoms with Crippen LogP contribution >= 0.6 is 0 Å². The molecule has 0 amide bonds. The van der Waals surface area contributed by atoms with Gasteiger partial charge in [0.2, 0.25) is 5.72 Å². The van der Waals surface area contributed by atoms with Gasteiger partial charge in [-0.2, -0.15) is 0 Å². The topological polar surface area (TPSA) is 24.8 Å². The van der Waals surface area contributed by atoms with Gasteiger partial charge >= 0.3 is 0 Å². The quantitative estimate of drug-likeness (QED) is 0.518. The fourth-order valence-corrected chi connectivity index (χ4v) is 4.64. The third-order valence-corrected chi connectivity index (χ3v) is 6.33. The van der Waals surface area contributed by atoms with Crippen LogP contribution in [0.3, 0.4) is 0 Å². The molecule has 136 valence electrons. The van der Waals surface area contributed by atoms with E-state index in [4.69, 9.17) is 9.73 Å². The molecule has 0 saturated heterocycles. The molecule has 3 nitrogen and oxygen atoms in total. The number of ether oxygens (including phenoxy) is 1. The Kier molecular flexibility index (Phi) is 3.11. The summed E-state index contributed by atoms with van der Waals surface area (Å²) in [5.41, 5.74) is 5.07. The standard InChI is InChI=1S/C24H24N2O/c1-15-6-8-17-9-11-21-22(18(17)12-15)25-14-24(27-21)23(3,4)19-13-16(2)7-10-20(19)26(24)5/h6-14H,1-5H3. The van der Waals surface area contributed by atoms with Crippen molar-refractivity contribution in [3.8, 4) is 5.75 Å². The molecule has 0 radical (unpaired) electrons. The summed E-state index contributed by atoms with van der Waals surface area (Å²) in [5.74, 6) is 0.847. The minimum Gasteiger partial charge on any atom is -0.459 e. The zero-order valence-corrected chi connectivity index (χ0v) is 16.5. The number of nitrogens with zero attached hydrogens (tertiary/aromatic N) is 2. The molecule has 2 aliphatic heterocycles. The van der Waals surface area contributed by atoms with Gasteiger partial charge in [0.05, 0.1) is 11.6 Å². The lowest BCUT2D eigenvalue weighted by atomic mass is 9.77. The maximum Gasteiger partial charge on any atom is 0.228 e. The van der Waals surface area contributed by atoms with Gasteiger partial charge in [-0.25, -0.2) is 0 Å². The van der Waals surface area contributed by atoms with Crippen molar-refractivity contribution in [1.29, 1.82) is 0 Å². The van der Waals surface area contributed by atoms with E-state index in [1.165, 1.54) is 27.8 Å². The summed E-state index contributed by atoms with van der Waals surface area (Å²) in [6, 6.07) is 17.3. The van der Waals surface area contributed by atoms with E-state index in [-0.39, 0.29) is 5.41 Å². The summed E-state index contributed by atoms with van der Waals surface area (Å²) >= 11 is 0. The van der Waals surface area contributed by atoms with Crippen molar-refractivity contribution < 1.29 is 4.74 Å². The number of likely N-dealkylation sites (N-methyl/N-ethyl adjacent to an activating group) is 1. The van der Waals surface area contributed by atoms with Gasteiger partial charge in [-0.1, -0.05) is 41.5 Å². The molecule has 0 aliphatic carbocycles. The molecule has 5 rings (SSSR count). The molecule has 3 aromatic rings. The molecule has 3 heteroatoms. The molecule has 1 atom stereocenters. The van der Waals surface area contributed by atoms with Crippen molar-refractivity contribution in [3.63, 3.8) is 0 Å². The zero-order valence-electron chi connectivity index (χ0n) is 16.5. The summed E-state index contributed by atoms with van der Waals surface area (Å²) in [6.45, 7) is 8.75. The minimum atomic E-state index is -0.631. The molecule has 1 unspecified atom stereocenters. The maximum absolute atomic E-state index is 6.75. The third kappa shape index (κ3) is 2.00. The van der Waals surface area contributed by atoms with Crippen LogP contribution in [0.4, 0.5) is 11.4 Å². The minimum absolute atomic E-state index is 0.230. The van der Waals surface area contributed by atoms with Crippen LogP contribution < -0.4 is 9.64 Å². The molecule has 0 fully saturated rings. The molecule has 27 heavy (non-hydrogen) atoms. The Morgan fingerprint density at radius 3 is 2.44 bits per heavy atom. The molecule has 3 aromatic carbocycles. The molecule has 2 heterocycles. The predicted molar refractivity (Wildman–Crippen MR) is 113 cm³/mol. The fourth-order valence-electron chi connectivity index (χ4n) is 4.64. The molecule has 0 bridgehead atoms. The predicted octanol–water partition coefficient (Wildman–Crippen LogP) is 5.68.